The monoisotopic (exact) mass is 296 g/mol. The molecule has 0 saturated heterocycles. The topological polar surface area (TPSA) is 134 Å². The number of nitrogens with two attached hydrogens (primary N) is 1. The molecule has 9 nitrogen and oxygen atoms in total. The number of hydrazine groups is 1. The first-order valence-corrected chi connectivity index (χ1v) is 5.54. The van der Waals surface area contributed by atoms with E-state index in [0.29, 0.717) is 0 Å². The lowest BCUT2D eigenvalue weighted by Crippen LogP contribution is -2.30. The number of nitrogens with one attached hydrogen (secondary N) is 1. The number of rotatable bonds is 5. The quantitative estimate of drug-likeness (QED) is 0.362. The highest BCUT2D eigenvalue weighted by molar-refractivity contribution is 5.91. The maximum Gasteiger partial charge on any atom is 0.305 e. The summed E-state index contributed by atoms with van der Waals surface area (Å²) in [5, 5.41) is 13.9. The number of hydrogen-bond acceptors (Lipinski definition) is 7. The number of aromatic nitrogens is 1. The van der Waals surface area contributed by atoms with Crippen molar-refractivity contribution in [3.63, 3.8) is 0 Å². The molecule has 0 aliphatic rings. The van der Waals surface area contributed by atoms with Gasteiger partial charge >= 0.3 is 5.69 Å². The van der Waals surface area contributed by atoms with Gasteiger partial charge in [-0.3, -0.25) is 20.3 Å². The van der Waals surface area contributed by atoms with Crippen molar-refractivity contribution in [2.24, 2.45) is 5.84 Å². The molecule has 110 valence electrons. The highest BCUT2D eigenvalue weighted by atomic mass is 19.1. The van der Waals surface area contributed by atoms with Gasteiger partial charge in [0.15, 0.2) is 11.5 Å². The minimum absolute atomic E-state index is 0.0361. The van der Waals surface area contributed by atoms with Gasteiger partial charge in [-0.2, -0.15) is 4.39 Å². The summed E-state index contributed by atoms with van der Waals surface area (Å²) in [4.78, 5) is 20.8. The summed E-state index contributed by atoms with van der Waals surface area (Å²) in [7, 11) is 0. The van der Waals surface area contributed by atoms with E-state index in [2.05, 4.69) is 5.16 Å². The van der Waals surface area contributed by atoms with Gasteiger partial charge in [-0.25, -0.2) is 5.84 Å². The van der Waals surface area contributed by atoms with Crippen LogP contribution in [0.2, 0.25) is 0 Å². The molecule has 0 atom stereocenters. The molecule has 1 heterocycles. The van der Waals surface area contributed by atoms with Crippen molar-refractivity contribution in [1.29, 1.82) is 0 Å². The molecule has 0 bridgehead atoms. The molecular formula is C11H9FN4O5. The van der Waals surface area contributed by atoms with Crippen LogP contribution in [-0.2, 0) is 6.61 Å². The number of nitro benzene ring substituents is 1. The zero-order valence-corrected chi connectivity index (χ0v) is 10.4. The van der Waals surface area contributed by atoms with Gasteiger partial charge in [-0.05, 0) is 6.07 Å². The Hall–Kier alpha value is -3.01. The van der Waals surface area contributed by atoms with Crippen LogP contribution in [0, 0.1) is 15.9 Å². The molecule has 0 aliphatic carbocycles. The van der Waals surface area contributed by atoms with Gasteiger partial charge in [0.2, 0.25) is 5.82 Å². The van der Waals surface area contributed by atoms with Crippen molar-refractivity contribution in [3.05, 3.63) is 51.7 Å². The molecule has 0 radical (unpaired) electrons. The Morgan fingerprint density at radius 1 is 1.52 bits per heavy atom. The van der Waals surface area contributed by atoms with Crippen molar-refractivity contribution < 1.29 is 23.4 Å². The van der Waals surface area contributed by atoms with Crippen LogP contribution < -0.4 is 16.0 Å². The Labute approximate surface area is 116 Å². The third kappa shape index (κ3) is 3.30. The van der Waals surface area contributed by atoms with Crippen LogP contribution in [-0.4, -0.2) is 16.0 Å². The van der Waals surface area contributed by atoms with Crippen LogP contribution in [0.1, 0.15) is 16.2 Å². The maximum absolute atomic E-state index is 13.4. The van der Waals surface area contributed by atoms with Gasteiger partial charge in [0.1, 0.15) is 12.4 Å². The molecular weight excluding hydrogens is 287 g/mol. The molecule has 1 aromatic heterocycles. The largest absolute Gasteiger partial charge is 0.485 e. The smallest absolute Gasteiger partial charge is 0.305 e. The van der Waals surface area contributed by atoms with Crippen molar-refractivity contribution >= 4 is 11.6 Å². The molecule has 0 saturated carbocycles. The Morgan fingerprint density at radius 2 is 2.29 bits per heavy atom. The van der Waals surface area contributed by atoms with Crippen LogP contribution in [0.25, 0.3) is 0 Å². The van der Waals surface area contributed by atoms with Crippen LogP contribution in [0.4, 0.5) is 10.1 Å². The lowest BCUT2D eigenvalue weighted by molar-refractivity contribution is -0.387. The standard InChI is InChI=1S/C11H9FN4O5/c12-8-3-6(1-2-10(8)16(18)19)20-5-7-4-9(15-21-7)11(17)14-13/h1-4H,5,13H2,(H,14,17). The second-order valence-corrected chi connectivity index (χ2v) is 3.81. The molecule has 0 unspecified atom stereocenters. The predicted molar refractivity (Wildman–Crippen MR) is 65.5 cm³/mol. The van der Waals surface area contributed by atoms with Crippen LogP contribution in [0.5, 0.6) is 5.75 Å². The fraction of sp³-hybridized carbons (Fsp3) is 0.0909. The van der Waals surface area contributed by atoms with Gasteiger partial charge in [-0.15, -0.1) is 0 Å². The molecule has 2 aromatic rings. The molecule has 0 fully saturated rings. The average molecular weight is 296 g/mol. The predicted octanol–water partition coefficient (Wildman–Crippen LogP) is 0.904. The highest BCUT2D eigenvalue weighted by Gasteiger charge is 2.15. The number of halogens is 1. The Bertz CT molecular complexity index is 687. The van der Waals surface area contributed by atoms with Gasteiger partial charge in [-0.1, -0.05) is 5.16 Å². The van der Waals surface area contributed by atoms with Gasteiger partial charge in [0.05, 0.1) is 4.92 Å². The van der Waals surface area contributed by atoms with E-state index in [0.717, 1.165) is 12.1 Å². The van der Waals surface area contributed by atoms with Crippen molar-refractivity contribution in [2.45, 2.75) is 6.61 Å². The number of carbonyl (C=O) groups excluding carboxylic acids is 1. The number of carbonyl (C=O) groups is 1. The molecule has 0 aliphatic heterocycles. The molecule has 21 heavy (non-hydrogen) atoms. The van der Waals surface area contributed by atoms with E-state index in [4.69, 9.17) is 15.1 Å². The van der Waals surface area contributed by atoms with E-state index < -0.39 is 22.3 Å². The normalized spacial score (nSPS) is 10.2. The van der Waals surface area contributed by atoms with E-state index in [1.54, 1.807) is 0 Å². The zero-order chi connectivity index (χ0) is 15.4. The summed E-state index contributed by atoms with van der Waals surface area (Å²) in [6.45, 7) is -0.137. The van der Waals surface area contributed by atoms with E-state index in [1.807, 2.05) is 5.43 Å². The van der Waals surface area contributed by atoms with Crippen LogP contribution in [0.15, 0.2) is 28.8 Å². The number of nitro groups is 1. The molecule has 0 spiro atoms. The zero-order valence-electron chi connectivity index (χ0n) is 10.4. The van der Waals surface area contributed by atoms with Crippen molar-refractivity contribution in [3.8, 4) is 5.75 Å². The number of amides is 1. The number of nitrogens with zero attached hydrogens (tertiary/aromatic N) is 2. The number of nitrogen functional groups attached to an aromatic ring is 1. The van der Waals surface area contributed by atoms with E-state index in [9.17, 15) is 19.3 Å². The highest BCUT2D eigenvalue weighted by Crippen LogP contribution is 2.23. The summed E-state index contributed by atoms with van der Waals surface area (Å²) >= 11 is 0. The van der Waals surface area contributed by atoms with Gasteiger partial charge < -0.3 is 9.26 Å². The lowest BCUT2D eigenvalue weighted by Gasteiger charge is -2.03. The summed E-state index contributed by atoms with van der Waals surface area (Å²) in [6.07, 6.45) is 0. The van der Waals surface area contributed by atoms with Gasteiger partial charge in [0.25, 0.3) is 5.91 Å². The van der Waals surface area contributed by atoms with E-state index in [-0.39, 0.29) is 23.8 Å². The number of benzene rings is 1. The third-order valence-electron chi connectivity index (χ3n) is 2.42. The first kappa shape index (κ1) is 14.4. The Balaban J connectivity index is 2.03. The average Bonchev–Trinajstić information content (AvgIpc) is 2.92. The number of ether oxygens (including phenoxy) is 1. The molecule has 1 amide bonds. The van der Waals surface area contributed by atoms with Crippen molar-refractivity contribution in [2.75, 3.05) is 0 Å². The third-order valence-corrected chi connectivity index (χ3v) is 2.42. The maximum atomic E-state index is 13.4. The molecule has 2 rings (SSSR count). The Morgan fingerprint density at radius 3 is 2.90 bits per heavy atom. The summed E-state index contributed by atoms with van der Waals surface area (Å²) in [5.41, 5.74) is 1.19. The van der Waals surface area contributed by atoms with Crippen LogP contribution >= 0.6 is 0 Å². The first-order chi connectivity index (χ1) is 10.0. The fourth-order valence-electron chi connectivity index (χ4n) is 1.44. The molecule has 1 aromatic carbocycles. The fourth-order valence-corrected chi connectivity index (χ4v) is 1.44. The summed E-state index contributed by atoms with van der Waals surface area (Å²) in [6, 6.07) is 4.40. The first-order valence-electron chi connectivity index (χ1n) is 5.54. The minimum atomic E-state index is -1.02. The Kier molecular flexibility index (Phi) is 4.09. The lowest BCUT2D eigenvalue weighted by atomic mass is 10.3. The number of hydrogen-bond donors (Lipinski definition) is 2. The van der Waals surface area contributed by atoms with Crippen LogP contribution in [0.3, 0.4) is 0 Å². The second-order valence-electron chi connectivity index (χ2n) is 3.81. The minimum Gasteiger partial charge on any atom is -0.485 e. The second kappa shape index (κ2) is 5.96. The van der Waals surface area contributed by atoms with E-state index >= 15 is 0 Å². The summed E-state index contributed by atoms with van der Waals surface area (Å²) < 4.78 is 23.3. The summed E-state index contributed by atoms with van der Waals surface area (Å²) in [5.74, 6) is 3.55. The molecule has 3 N–H and O–H groups in total. The van der Waals surface area contributed by atoms with Gasteiger partial charge in [0, 0.05) is 18.2 Å². The van der Waals surface area contributed by atoms with E-state index in [1.165, 1.54) is 12.1 Å². The molecule has 10 heteroatoms. The van der Waals surface area contributed by atoms with Crippen molar-refractivity contribution in [1.82, 2.24) is 10.6 Å². The SMILES string of the molecule is NNC(=O)c1cc(COc2ccc([N+](=O)[O-])c(F)c2)on1.